The fourth-order valence-electron chi connectivity index (χ4n) is 13.2. The van der Waals surface area contributed by atoms with Crippen LogP contribution in [-0.2, 0) is 17.3 Å². The lowest BCUT2D eigenvalue weighted by Gasteiger charge is -2.46. The average molecular weight is 1060 g/mol. The number of furan rings is 1. The van der Waals surface area contributed by atoms with Gasteiger partial charge in [0.15, 0.2) is 0 Å². The second kappa shape index (κ2) is 20.2. The van der Waals surface area contributed by atoms with Crippen LogP contribution in [0.25, 0.3) is 77.6 Å². The van der Waals surface area contributed by atoms with E-state index in [1.807, 2.05) is 0 Å². The van der Waals surface area contributed by atoms with Gasteiger partial charge < -0.3 is 14.2 Å². The van der Waals surface area contributed by atoms with Crippen molar-refractivity contribution in [2.24, 2.45) is 0 Å². The second-order valence-electron chi connectivity index (χ2n) is 24.7. The Morgan fingerprint density at radius 1 is 0.390 bits per heavy atom. The first-order valence-electron chi connectivity index (χ1n) is 29.4. The molecule has 0 aliphatic carbocycles. The molecule has 0 amide bonds. The van der Waals surface area contributed by atoms with Gasteiger partial charge in [0.25, 0.3) is 6.71 Å². The van der Waals surface area contributed by atoms with Crippen LogP contribution in [-0.4, -0.2) is 6.71 Å². The summed E-state index contributed by atoms with van der Waals surface area (Å²) in [6.07, 6.45) is 2.97. The number of rotatable bonds is 10. The largest absolute Gasteiger partial charge is 0.456 e. The molecule has 3 heterocycles. The molecule has 11 aromatic carbocycles. The Bertz CT molecular complexity index is 4320. The highest BCUT2D eigenvalue weighted by molar-refractivity contribution is 7.00. The Labute approximate surface area is 484 Å². The fraction of sp³-hybridized carbons (Fsp3) is 0.154. The van der Waals surface area contributed by atoms with Gasteiger partial charge in [0.2, 0.25) is 0 Å². The normalized spacial score (nSPS) is 12.9. The summed E-state index contributed by atoms with van der Waals surface area (Å²) in [5.41, 5.74) is 28.1. The molecule has 12 aromatic rings. The number of fused-ring (bicyclic) bond motifs is 7. The third-order valence-electron chi connectivity index (χ3n) is 17.3. The van der Waals surface area contributed by atoms with Crippen LogP contribution in [0.2, 0.25) is 0 Å². The van der Waals surface area contributed by atoms with E-state index in [0.29, 0.717) is 0 Å². The number of unbranched alkanes of at least 4 members (excludes halogenated alkanes) is 1. The van der Waals surface area contributed by atoms with Gasteiger partial charge in [0.05, 0.1) is 11.4 Å². The van der Waals surface area contributed by atoms with E-state index in [9.17, 15) is 0 Å². The van der Waals surface area contributed by atoms with Crippen molar-refractivity contribution in [1.82, 2.24) is 0 Å². The van der Waals surface area contributed by atoms with Crippen LogP contribution in [0, 0.1) is 0 Å². The maximum Gasteiger partial charge on any atom is 0.252 e. The highest BCUT2D eigenvalue weighted by Crippen LogP contribution is 2.55. The number of aryl methyl sites for hydroxylation is 1. The summed E-state index contributed by atoms with van der Waals surface area (Å²) in [6.45, 7) is 16.3. The van der Waals surface area contributed by atoms with E-state index in [4.69, 9.17) is 4.42 Å². The van der Waals surface area contributed by atoms with Crippen molar-refractivity contribution in [3.63, 3.8) is 0 Å². The molecular weight excluding hydrogens is 992 g/mol. The minimum absolute atomic E-state index is 0.138. The summed E-state index contributed by atoms with van der Waals surface area (Å²) < 4.78 is 6.96. The SMILES string of the molecule is CCCCc1cc2oc3ccccc3c2c(-c2ccccc2)c1N1c2ccc(-c3ccccc3)cc2B2c3cc(-c4ccccc4)ccc3N(c3c(-c4ccccc4)cc(C(C)(C)C)cc3-c3ccccc3)c3cc(C(C)(C)C)cc1c32. The lowest BCUT2D eigenvalue weighted by atomic mass is 9.33. The number of anilines is 6. The number of para-hydroxylation sites is 1. The maximum atomic E-state index is 6.96. The van der Waals surface area contributed by atoms with Crippen molar-refractivity contribution >= 4 is 79.2 Å². The van der Waals surface area contributed by atoms with Crippen LogP contribution in [0.5, 0.6) is 0 Å². The fourth-order valence-corrected chi connectivity index (χ4v) is 13.2. The summed E-state index contributed by atoms with van der Waals surface area (Å²) in [6, 6.07) is 91.1. The van der Waals surface area contributed by atoms with Gasteiger partial charge in [-0.2, -0.15) is 0 Å². The van der Waals surface area contributed by atoms with Crippen molar-refractivity contribution in [3.05, 3.63) is 259 Å². The first-order valence-corrected chi connectivity index (χ1v) is 29.4. The molecule has 0 spiro atoms. The Balaban J connectivity index is 1.19. The second-order valence-corrected chi connectivity index (χ2v) is 24.7. The molecule has 0 saturated heterocycles. The molecule has 0 N–H and O–H groups in total. The molecule has 2 aliphatic heterocycles. The zero-order valence-electron chi connectivity index (χ0n) is 48.1. The van der Waals surface area contributed by atoms with Gasteiger partial charge in [0.1, 0.15) is 11.2 Å². The van der Waals surface area contributed by atoms with Crippen molar-refractivity contribution < 1.29 is 4.42 Å². The van der Waals surface area contributed by atoms with Crippen LogP contribution in [0.15, 0.2) is 247 Å². The lowest BCUT2D eigenvalue weighted by Crippen LogP contribution is -2.61. The van der Waals surface area contributed by atoms with Gasteiger partial charge in [-0.3, -0.25) is 0 Å². The summed E-state index contributed by atoms with van der Waals surface area (Å²) in [7, 11) is 0. The predicted octanol–water partition coefficient (Wildman–Crippen LogP) is 19.9. The molecule has 2 aliphatic rings. The van der Waals surface area contributed by atoms with E-state index in [1.165, 1.54) is 117 Å². The highest BCUT2D eigenvalue weighted by Gasteiger charge is 2.46. The molecule has 0 saturated carbocycles. The minimum atomic E-state index is -0.244. The molecule has 398 valence electrons. The van der Waals surface area contributed by atoms with Crippen molar-refractivity contribution in [2.45, 2.75) is 78.6 Å². The van der Waals surface area contributed by atoms with Gasteiger partial charge in [-0.15, -0.1) is 0 Å². The Kier molecular flexibility index (Phi) is 12.5. The molecule has 4 heteroatoms. The van der Waals surface area contributed by atoms with Gasteiger partial charge in [-0.1, -0.05) is 249 Å². The van der Waals surface area contributed by atoms with Gasteiger partial charge in [0, 0.05) is 50.2 Å². The minimum Gasteiger partial charge on any atom is -0.456 e. The molecule has 0 bridgehead atoms. The Morgan fingerprint density at radius 3 is 1.32 bits per heavy atom. The van der Waals surface area contributed by atoms with E-state index >= 15 is 0 Å². The van der Waals surface area contributed by atoms with Crippen LogP contribution in [0.3, 0.4) is 0 Å². The summed E-state index contributed by atoms with van der Waals surface area (Å²) in [5.74, 6) is 0. The molecule has 3 nitrogen and oxygen atoms in total. The molecule has 1 aromatic heterocycles. The van der Waals surface area contributed by atoms with E-state index in [0.717, 1.165) is 46.8 Å². The van der Waals surface area contributed by atoms with E-state index in [-0.39, 0.29) is 17.5 Å². The van der Waals surface area contributed by atoms with Crippen LogP contribution in [0.4, 0.5) is 34.1 Å². The van der Waals surface area contributed by atoms with Crippen molar-refractivity contribution in [3.8, 4) is 55.6 Å². The lowest BCUT2D eigenvalue weighted by molar-refractivity contribution is 0.590. The third-order valence-corrected chi connectivity index (χ3v) is 17.3. The Morgan fingerprint density at radius 2 is 0.829 bits per heavy atom. The van der Waals surface area contributed by atoms with Gasteiger partial charge in [-0.25, -0.2) is 0 Å². The van der Waals surface area contributed by atoms with Gasteiger partial charge >= 0.3 is 0 Å². The van der Waals surface area contributed by atoms with Crippen molar-refractivity contribution in [2.75, 3.05) is 9.80 Å². The number of hydrogen-bond acceptors (Lipinski definition) is 3. The monoisotopic (exact) mass is 1060 g/mol. The van der Waals surface area contributed by atoms with E-state index < -0.39 is 0 Å². The van der Waals surface area contributed by atoms with Crippen molar-refractivity contribution in [1.29, 1.82) is 0 Å². The molecule has 0 unspecified atom stereocenters. The highest BCUT2D eigenvalue weighted by atomic mass is 16.3. The van der Waals surface area contributed by atoms with Gasteiger partial charge in [-0.05, 0) is 144 Å². The summed E-state index contributed by atoms with van der Waals surface area (Å²) in [4.78, 5) is 5.41. The molecule has 14 rings (SSSR count). The summed E-state index contributed by atoms with van der Waals surface area (Å²) >= 11 is 0. The molecule has 0 atom stereocenters. The first kappa shape index (κ1) is 51.1. The van der Waals surface area contributed by atoms with Crippen LogP contribution in [0.1, 0.15) is 78.0 Å². The van der Waals surface area contributed by atoms with E-state index in [2.05, 4.69) is 301 Å². The Hall–Kier alpha value is -9.12. The number of hydrogen-bond donors (Lipinski definition) is 0. The van der Waals surface area contributed by atoms with E-state index in [1.54, 1.807) is 0 Å². The molecular formula is C78H67BN2O. The average Bonchev–Trinajstić information content (AvgIpc) is 0.952. The quantitative estimate of drug-likeness (QED) is 0.127. The molecule has 0 fully saturated rings. The third kappa shape index (κ3) is 8.66. The number of benzene rings is 11. The number of nitrogens with zero attached hydrogens (tertiary/aromatic N) is 2. The molecule has 82 heavy (non-hydrogen) atoms. The zero-order chi connectivity index (χ0) is 55.9. The topological polar surface area (TPSA) is 19.6 Å². The van der Waals surface area contributed by atoms with Crippen LogP contribution >= 0.6 is 0 Å². The predicted molar refractivity (Wildman–Crippen MR) is 351 cm³/mol. The van der Waals surface area contributed by atoms with Crippen LogP contribution < -0.4 is 26.2 Å². The molecule has 0 radical (unpaired) electrons. The zero-order valence-corrected chi connectivity index (χ0v) is 48.1. The standard InChI is InChI=1S/C78H67BN2O/c1-8-9-27-58-46-71-73(61-38-25-26-39-70(61)82-71)72(55-36-23-14-24-37-55)75(58)80-66-42-40-56(51-28-15-10-16-29-51)44-64(66)79-65-45-57(52-30-17-11-18-31-52)41-43-67(65)81(69-50-60(78(5,6)7)49-68(80)74(69)79)76-62(53-32-19-12-20-33-53)47-59(77(2,3)4)48-63(76)54-34-21-13-22-35-54/h10-26,28-50H,8-9,27H2,1-7H3. The maximum absolute atomic E-state index is 6.96. The smallest absolute Gasteiger partial charge is 0.252 e. The first-order chi connectivity index (χ1) is 39.9. The summed E-state index contributed by atoms with van der Waals surface area (Å²) in [5, 5.41) is 2.26.